The molecule has 1 fully saturated rings. The van der Waals surface area contributed by atoms with Gasteiger partial charge >= 0.3 is 6.03 Å². The summed E-state index contributed by atoms with van der Waals surface area (Å²) in [6.07, 6.45) is 2.69. The number of rotatable bonds is 3. The van der Waals surface area contributed by atoms with E-state index in [0.29, 0.717) is 13.2 Å². The minimum absolute atomic E-state index is 0.137. The number of aromatic nitrogens is 1. The molecule has 6 heteroatoms. The lowest BCUT2D eigenvalue weighted by atomic mass is 10.3. The van der Waals surface area contributed by atoms with E-state index in [9.17, 15) is 4.79 Å². The van der Waals surface area contributed by atoms with E-state index in [-0.39, 0.29) is 12.1 Å². The summed E-state index contributed by atoms with van der Waals surface area (Å²) in [4.78, 5) is 16.7. The highest BCUT2D eigenvalue weighted by atomic mass is 32.1. The van der Waals surface area contributed by atoms with Crippen molar-refractivity contribution in [3.8, 4) is 0 Å². The summed E-state index contributed by atoms with van der Waals surface area (Å²) in [5, 5.41) is 6.68. The SMILES string of the molecule is Cc1ncc(CNC(=O)NC2CCOC2)s1. The van der Waals surface area contributed by atoms with Crippen molar-refractivity contribution < 1.29 is 9.53 Å². The van der Waals surface area contributed by atoms with Crippen molar-refractivity contribution in [3.05, 3.63) is 16.1 Å². The smallest absolute Gasteiger partial charge is 0.315 e. The minimum Gasteiger partial charge on any atom is -0.379 e. The Kier molecular flexibility index (Phi) is 3.74. The summed E-state index contributed by atoms with van der Waals surface area (Å²) < 4.78 is 5.17. The highest BCUT2D eigenvalue weighted by molar-refractivity contribution is 7.11. The van der Waals surface area contributed by atoms with Gasteiger partial charge in [0.05, 0.1) is 24.2 Å². The number of carbonyl (C=O) groups is 1. The number of ether oxygens (including phenoxy) is 1. The quantitative estimate of drug-likeness (QED) is 0.831. The van der Waals surface area contributed by atoms with Crippen LogP contribution in [0, 0.1) is 6.92 Å². The van der Waals surface area contributed by atoms with Gasteiger partial charge in [0.25, 0.3) is 0 Å². The van der Waals surface area contributed by atoms with Crippen LogP contribution in [0.15, 0.2) is 6.20 Å². The molecule has 0 aliphatic carbocycles. The predicted octanol–water partition coefficient (Wildman–Crippen LogP) is 1.04. The van der Waals surface area contributed by atoms with Crippen molar-refractivity contribution >= 4 is 17.4 Å². The molecule has 0 spiro atoms. The number of carbonyl (C=O) groups excluding carboxylic acids is 1. The van der Waals surface area contributed by atoms with E-state index in [1.165, 1.54) is 0 Å². The molecule has 1 saturated heterocycles. The largest absolute Gasteiger partial charge is 0.379 e. The Hall–Kier alpha value is -1.14. The molecule has 0 radical (unpaired) electrons. The van der Waals surface area contributed by atoms with E-state index in [1.54, 1.807) is 17.5 Å². The maximum atomic E-state index is 11.5. The van der Waals surface area contributed by atoms with Crippen LogP contribution in [0.1, 0.15) is 16.3 Å². The number of thiazole rings is 1. The monoisotopic (exact) mass is 241 g/mol. The minimum atomic E-state index is -0.137. The third kappa shape index (κ3) is 3.18. The number of hydrogen-bond donors (Lipinski definition) is 2. The number of amides is 2. The van der Waals surface area contributed by atoms with Gasteiger partial charge in [0.15, 0.2) is 0 Å². The number of aryl methyl sites for hydroxylation is 1. The van der Waals surface area contributed by atoms with Crippen LogP contribution in [0.25, 0.3) is 0 Å². The lowest BCUT2D eigenvalue weighted by Crippen LogP contribution is -2.41. The van der Waals surface area contributed by atoms with Crippen molar-refractivity contribution in [3.63, 3.8) is 0 Å². The van der Waals surface area contributed by atoms with Gasteiger partial charge < -0.3 is 15.4 Å². The van der Waals surface area contributed by atoms with Crippen molar-refractivity contribution in [2.75, 3.05) is 13.2 Å². The first kappa shape index (κ1) is 11.3. The van der Waals surface area contributed by atoms with Gasteiger partial charge in [-0.2, -0.15) is 0 Å². The maximum absolute atomic E-state index is 11.5. The topological polar surface area (TPSA) is 63.2 Å². The molecule has 2 N–H and O–H groups in total. The fourth-order valence-electron chi connectivity index (χ4n) is 1.54. The predicted molar refractivity (Wildman–Crippen MR) is 61.4 cm³/mol. The van der Waals surface area contributed by atoms with Gasteiger partial charge in [0.2, 0.25) is 0 Å². The molecule has 1 aliphatic heterocycles. The second-order valence-corrected chi connectivity index (χ2v) is 5.05. The second kappa shape index (κ2) is 5.27. The van der Waals surface area contributed by atoms with E-state index in [0.717, 1.165) is 22.9 Å². The van der Waals surface area contributed by atoms with Crippen molar-refractivity contribution in [2.24, 2.45) is 0 Å². The Labute approximate surface area is 98.2 Å². The summed E-state index contributed by atoms with van der Waals surface area (Å²) in [5.74, 6) is 0. The number of nitrogens with zero attached hydrogens (tertiary/aromatic N) is 1. The third-order valence-electron chi connectivity index (χ3n) is 2.36. The maximum Gasteiger partial charge on any atom is 0.315 e. The van der Waals surface area contributed by atoms with Gasteiger partial charge in [0.1, 0.15) is 0 Å². The Balaban J connectivity index is 1.71. The molecule has 1 aromatic rings. The van der Waals surface area contributed by atoms with Crippen LogP contribution in [0.3, 0.4) is 0 Å². The second-order valence-electron chi connectivity index (χ2n) is 3.73. The first-order valence-electron chi connectivity index (χ1n) is 5.27. The highest BCUT2D eigenvalue weighted by Gasteiger charge is 2.17. The molecule has 1 atom stereocenters. The Bertz CT molecular complexity index is 361. The van der Waals surface area contributed by atoms with Gasteiger partial charge in [-0.25, -0.2) is 9.78 Å². The summed E-state index contributed by atoms with van der Waals surface area (Å²) >= 11 is 1.59. The molecule has 0 aromatic carbocycles. The van der Waals surface area contributed by atoms with Crippen LogP contribution in [0.4, 0.5) is 4.79 Å². The van der Waals surface area contributed by atoms with Crippen LogP contribution in [0.5, 0.6) is 0 Å². The van der Waals surface area contributed by atoms with Gasteiger partial charge in [-0.15, -0.1) is 11.3 Å². The summed E-state index contributed by atoms with van der Waals surface area (Å²) in [6, 6.07) is 0.0183. The van der Waals surface area contributed by atoms with Gasteiger partial charge in [-0.05, 0) is 13.3 Å². The lowest BCUT2D eigenvalue weighted by Gasteiger charge is -2.10. The fraction of sp³-hybridized carbons (Fsp3) is 0.600. The van der Waals surface area contributed by atoms with E-state index in [4.69, 9.17) is 4.74 Å². The molecule has 88 valence electrons. The Morgan fingerprint density at radius 1 is 1.75 bits per heavy atom. The number of nitrogens with one attached hydrogen (secondary N) is 2. The molecule has 2 rings (SSSR count). The Morgan fingerprint density at radius 3 is 3.25 bits per heavy atom. The van der Waals surface area contributed by atoms with Crippen molar-refractivity contribution in [1.82, 2.24) is 15.6 Å². The van der Waals surface area contributed by atoms with Crippen LogP contribution in [0.2, 0.25) is 0 Å². The van der Waals surface area contributed by atoms with Gasteiger partial charge in [-0.1, -0.05) is 0 Å². The first-order valence-corrected chi connectivity index (χ1v) is 6.09. The summed E-state index contributed by atoms with van der Waals surface area (Å²) in [7, 11) is 0. The molecular weight excluding hydrogens is 226 g/mol. The molecule has 1 aromatic heterocycles. The zero-order valence-electron chi connectivity index (χ0n) is 9.16. The van der Waals surface area contributed by atoms with Crippen molar-refractivity contribution in [2.45, 2.75) is 25.9 Å². The summed E-state index contributed by atoms with van der Waals surface area (Å²) in [6.45, 7) is 3.83. The van der Waals surface area contributed by atoms with E-state index < -0.39 is 0 Å². The van der Waals surface area contributed by atoms with Gasteiger partial charge in [-0.3, -0.25) is 0 Å². The van der Waals surface area contributed by atoms with E-state index in [2.05, 4.69) is 15.6 Å². The Morgan fingerprint density at radius 2 is 2.62 bits per heavy atom. The molecule has 2 amide bonds. The van der Waals surface area contributed by atoms with Crippen molar-refractivity contribution in [1.29, 1.82) is 0 Å². The number of hydrogen-bond acceptors (Lipinski definition) is 4. The molecular formula is C10H15N3O2S. The fourth-order valence-corrected chi connectivity index (χ4v) is 2.27. The standard InChI is InChI=1S/C10H15N3O2S/c1-7-11-4-9(16-7)5-12-10(14)13-8-2-3-15-6-8/h4,8H,2-3,5-6H2,1H3,(H2,12,13,14). The molecule has 16 heavy (non-hydrogen) atoms. The van der Waals surface area contributed by atoms with Crippen LogP contribution in [-0.2, 0) is 11.3 Å². The zero-order valence-corrected chi connectivity index (χ0v) is 9.97. The third-order valence-corrected chi connectivity index (χ3v) is 3.27. The average molecular weight is 241 g/mol. The zero-order chi connectivity index (χ0) is 11.4. The van der Waals surface area contributed by atoms with E-state index in [1.807, 2.05) is 6.92 Å². The average Bonchev–Trinajstić information content (AvgIpc) is 2.87. The van der Waals surface area contributed by atoms with Crippen LogP contribution in [-0.4, -0.2) is 30.3 Å². The molecule has 1 aliphatic rings. The molecule has 2 heterocycles. The lowest BCUT2D eigenvalue weighted by molar-refractivity contribution is 0.188. The normalized spacial score (nSPS) is 19.7. The van der Waals surface area contributed by atoms with E-state index >= 15 is 0 Å². The number of urea groups is 1. The summed E-state index contributed by atoms with van der Waals surface area (Å²) in [5.41, 5.74) is 0. The highest BCUT2D eigenvalue weighted by Crippen LogP contribution is 2.10. The molecule has 0 bridgehead atoms. The first-order chi connectivity index (χ1) is 7.74. The molecule has 0 saturated carbocycles. The molecule has 5 nitrogen and oxygen atoms in total. The van der Waals surface area contributed by atoms with Gasteiger partial charge in [0, 0.05) is 17.7 Å². The van der Waals surface area contributed by atoms with Crippen LogP contribution < -0.4 is 10.6 Å². The molecule has 1 unspecified atom stereocenters. The van der Waals surface area contributed by atoms with Crippen LogP contribution >= 0.6 is 11.3 Å².